The van der Waals surface area contributed by atoms with Gasteiger partial charge in [0.1, 0.15) is 0 Å². The third-order valence-corrected chi connectivity index (χ3v) is 5.04. The lowest BCUT2D eigenvalue weighted by Gasteiger charge is -2.28. The lowest BCUT2D eigenvalue weighted by molar-refractivity contribution is -0.132. The van der Waals surface area contributed by atoms with Crippen LogP contribution in [0.1, 0.15) is 45.1 Å². The number of aryl methyl sites for hydroxylation is 1. The maximum absolute atomic E-state index is 12.7. The van der Waals surface area contributed by atoms with E-state index < -0.39 is 0 Å². The zero-order valence-corrected chi connectivity index (χ0v) is 13.1. The van der Waals surface area contributed by atoms with Crippen LogP contribution in [0.25, 0.3) is 0 Å². The fraction of sp³-hybridized carbons (Fsp3) is 0.611. The van der Waals surface area contributed by atoms with Crippen LogP contribution in [0.2, 0.25) is 0 Å². The standard InChI is InChI=1S/C18H26N2O/c1-13-8-10-16(12-13)20-14(2)19-17(18(20)21)11-9-15-6-4-3-5-7-15/h3-7,13-14,16-17,19H,8-12H2,1-2H3. The van der Waals surface area contributed by atoms with E-state index in [4.69, 9.17) is 0 Å². The van der Waals surface area contributed by atoms with E-state index in [2.05, 4.69) is 48.3 Å². The summed E-state index contributed by atoms with van der Waals surface area (Å²) in [6, 6.07) is 10.9. The minimum atomic E-state index is -0.00360. The Bertz CT molecular complexity index is 487. The van der Waals surface area contributed by atoms with Crippen molar-refractivity contribution in [3.63, 3.8) is 0 Å². The summed E-state index contributed by atoms with van der Waals surface area (Å²) < 4.78 is 0. The fourth-order valence-corrected chi connectivity index (χ4v) is 3.90. The topological polar surface area (TPSA) is 32.3 Å². The third-order valence-electron chi connectivity index (χ3n) is 5.04. The monoisotopic (exact) mass is 286 g/mol. The molecule has 0 radical (unpaired) electrons. The highest BCUT2D eigenvalue weighted by Crippen LogP contribution is 2.32. The Labute approximate surface area is 127 Å². The maximum Gasteiger partial charge on any atom is 0.241 e. The number of nitrogens with one attached hydrogen (secondary N) is 1. The number of amides is 1. The van der Waals surface area contributed by atoms with Gasteiger partial charge < -0.3 is 4.90 Å². The summed E-state index contributed by atoms with van der Waals surface area (Å²) >= 11 is 0. The number of nitrogens with zero attached hydrogens (tertiary/aromatic N) is 1. The molecule has 2 aliphatic rings. The fourth-order valence-electron chi connectivity index (χ4n) is 3.90. The molecule has 4 atom stereocenters. The van der Waals surface area contributed by atoms with Crippen LogP contribution in [0.5, 0.6) is 0 Å². The van der Waals surface area contributed by atoms with E-state index in [1.165, 1.54) is 24.8 Å². The quantitative estimate of drug-likeness (QED) is 0.923. The van der Waals surface area contributed by atoms with E-state index in [0.29, 0.717) is 11.9 Å². The van der Waals surface area contributed by atoms with Crippen molar-refractivity contribution in [2.75, 3.05) is 0 Å². The molecule has 3 nitrogen and oxygen atoms in total. The van der Waals surface area contributed by atoms with Crippen molar-refractivity contribution in [2.24, 2.45) is 5.92 Å². The highest BCUT2D eigenvalue weighted by atomic mass is 16.2. The van der Waals surface area contributed by atoms with Gasteiger partial charge in [-0.25, -0.2) is 0 Å². The lowest BCUT2D eigenvalue weighted by atomic mass is 10.0. The van der Waals surface area contributed by atoms with Gasteiger partial charge in [0.25, 0.3) is 0 Å². The summed E-state index contributed by atoms with van der Waals surface area (Å²) in [6.07, 6.45) is 5.65. The van der Waals surface area contributed by atoms with Crippen molar-refractivity contribution < 1.29 is 4.79 Å². The minimum absolute atomic E-state index is 0.00360. The third kappa shape index (κ3) is 3.13. The van der Waals surface area contributed by atoms with Crippen molar-refractivity contribution in [3.8, 4) is 0 Å². The van der Waals surface area contributed by atoms with Gasteiger partial charge >= 0.3 is 0 Å². The molecular formula is C18H26N2O. The van der Waals surface area contributed by atoms with Crippen molar-refractivity contribution in [1.82, 2.24) is 10.2 Å². The molecule has 1 aliphatic carbocycles. The zero-order valence-electron chi connectivity index (χ0n) is 13.1. The van der Waals surface area contributed by atoms with E-state index in [-0.39, 0.29) is 12.2 Å². The van der Waals surface area contributed by atoms with Gasteiger partial charge in [0.15, 0.2) is 0 Å². The van der Waals surface area contributed by atoms with Crippen molar-refractivity contribution >= 4 is 5.91 Å². The Balaban J connectivity index is 1.59. The molecule has 3 rings (SSSR count). The first-order chi connectivity index (χ1) is 10.1. The van der Waals surface area contributed by atoms with E-state index >= 15 is 0 Å². The van der Waals surface area contributed by atoms with Gasteiger partial charge in [-0.1, -0.05) is 37.3 Å². The van der Waals surface area contributed by atoms with Gasteiger partial charge in [-0.05, 0) is 50.5 Å². The summed E-state index contributed by atoms with van der Waals surface area (Å²) in [5.41, 5.74) is 1.31. The molecule has 0 bridgehead atoms. The summed E-state index contributed by atoms with van der Waals surface area (Å²) in [7, 11) is 0. The molecule has 1 saturated heterocycles. The highest BCUT2D eigenvalue weighted by Gasteiger charge is 2.41. The molecule has 1 aromatic carbocycles. The first-order valence-electron chi connectivity index (χ1n) is 8.27. The van der Waals surface area contributed by atoms with Crippen LogP contribution in [0.15, 0.2) is 30.3 Å². The predicted molar refractivity (Wildman–Crippen MR) is 84.8 cm³/mol. The molecule has 1 aromatic rings. The Morgan fingerprint density at radius 1 is 1.19 bits per heavy atom. The summed E-state index contributed by atoms with van der Waals surface area (Å²) in [4.78, 5) is 14.8. The average molecular weight is 286 g/mol. The van der Waals surface area contributed by atoms with E-state index in [0.717, 1.165) is 18.8 Å². The van der Waals surface area contributed by atoms with Crippen LogP contribution < -0.4 is 5.32 Å². The molecule has 21 heavy (non-hydrogen) atoms. The van der Waals surface area contributed by atoms with Crippen LogP contribution in [0.3, 0.4) is 0 Å². The van der Waals surface area contributed by atoms with Gasteiger partial charge in [-0.2, -0.15) is 0 Å². The second kappa shape index (κ2) is 6.18. The second-order valence-corrected chi connectivity index (χ2v) is 6.74. The van der Waals surface area contributed by atoms with Crippen LogP contribution >= 0.6 is 0 Å². The number of carbonyl (C=O) groups is 1. The summed E-state index contributed by atoms with van der Waals surface area (Å²) in [5.74, 6) is 1.08. The van der Waals surface area contributed by atoms with Crippen LogP contribution in [0, 0.1) is 5.92 Å². The Hall–Kier alpha value is -1.35. The average Bonchev–Trinajstić information content (AvgIpc) is 3.01. The normalized spacial score (nSPS) is 32.9. The number of hydrogen-bond donors (Lipinski definition) is 1. The van der Waals surface area contributed by atoms with Crippen LogP contribution in [0.4, 0.5) is 0 Å². The zero-order chi connectivity index (χ0) is 14.8. The molecule has 1 aliphatic heterocycles. The maximum atomic E-state index is 12.7. The number of hydrogen-bond acceptors (Lipinski definition) is 2. The lowest BCUT2D eigenvalue weighted by Crippen LogP contribution is -2.41. The molecule has 0 spiro atoms. The first-order valence-corrected chi connectivity index (χ1v) is 8.27. The second-order valence-electron chi connectivity index (χ2n) is 6.74. The molecule has 4 unspecified atom stereocenters. The Morgan fingerprint density at radius 3 is 2.62 bits per heavy atom. The number of carbonyl (C=O) groups excluding carboxylic acids is 1. The van der Waals surface area contributed by atoms with Gasteiger partial charge in [0.05, 0.1) is 12.2 Å². The minimum Gasteiger partial charge on any atom is -0.323 e. The highest BCUT2D eigenvalue weighted by molar-refractivity contribution is 5.84. The van der Waals surface area contributed by atoms with Gasteiger partial charge in [0.2, 0.25) is 5.91 Å². The van der Waals surface area contributed by atoms with E-state index in [1.807, 2.05) is 6.07 Å². The van der Waals surface area contributed by atoms with E-state index in [9.17, 15) is 4.79 Å². The van der Waals surface area contributed by atoms with Gasteiger partial charge in [-0.3, -0.25) is 10.1 Å². The summed E-state index contributed by atoms with van der Waals surface area (Å²) in [5, 5.41) is 3.49. The molecule has 114 valence electrons. The van der Waals surface area contributed by atoms with Crippen molar-refractivity contribution in [3.05, 3.63) is 35.9 Å². The van der Waals surface area contributed by atoms with Gasteiger partial charge in [-0.15, -0.1) is 0 Å². The van der Waals surface area contributed by atoms with Gasteiger partial charge in [0, 0.05) is 6.04 Å². The van der Waals surface area contributed by atoms with Crippen molar-refractivity contribution in [1.29, 1.82) is 0 Å². The molecule has 1 N–H and O–H groups in total. The summed E-state index contributed by atoms with van der Waals surface area (Å²) in [6.45, 7) is 4.43. The predicted octanol–water partition coefficient (Wildman–Crippen LogP) is 2.95. The Morgan fingerprint density at radius 2 is 1.95 bits per heavy atom. The molecular weight excluding hydrogens is 260 g/mol. The smallest absolute Gasteiger partial charge is 0.241 e. The molecule has 1 saturated carbocycles. The van der Waals surface area contributed by atoms with E-state index in [1.54, 1.807) is 0 Å². The Kier molecular flexibility index (Phi) is 4.29. The molecule has 3 heteroatoms. The largest absolute Gasteiger partial charge is 0.323 e. The van der Waals surface area contributed by atoms with Crippen LogP contribution in [-0.2, 0) is 11.2 Å². The molecule has 1 amide bonds. The van der Waals surface area contributed by atoms with Crippen LogP contribution in [-0.4, -0.2) is 29.1 Å². The number of rotatable bonds is 4. The first kappa shape index (κ1) is 14.6. The molecule has 2 fully saturated rings. The molecule has 0 aromatic heterocycles. The van der Waals surface area contributed by atoms with Crippen molar-refractivity contribution in [2.45, 2.75) is 64.2 Å². The SMILES string of the molecule is CC1CCC(N2C(=O)C(CCc3ccccc3)NC2C)C1. The number of benzene rings is 1. The molecule has 1 heterocycles.